The van der Waals surface area contributed by atoms with Crippen molar-refractivity contribution in [2.75, 3.05) is 6.61 Å². The zero-order chi connectivity index (χ0) is 14.5. The lowest BCUT2D eigenvalue weighted by Gasteiger charge is -2.36. The summed E-state index contributed by atoms with van der Waals surface area (Å²) in [5.41, 5.74) is 0. The van der Waals surface area contributed by atoms with Crippen molar-refractivity contribution in [3.63, 3.8) is 0 Å². The Hall–Kier alpha value is -1.01. The molecule has 1 rings (SSSR count). The molecule has 0 spiro atoms. The summed E-state index contributed by atoms with van der Waals surface area (Å²) in [6.45, 7) is 12.7. The third-order valence-corrected chi connectivity index (χ3v) is 8.32. The van der Waals surface area contributed by atoms with Crippen LogP contribution in [0.2, 0.25) is 18.1 Å². The Balaban J connectivity index is 2.27. The molecule has 0 aliphatic carbocycles. The Bertz CT molecular complexity index is 410. The highest BCUT2D eigenvalue weighted by molar-refractivity contribution is 6.74. The van der Waals surface area contributed by atoms with Gasteiger partial charge >= 0.3 is 0 Å². The van der Waals surface area contributed by atoms with Crippen molar-refractivity contribution in [2.24, 2.45) is 0 Å². The molecule has 108 valence electrons. The molecule has 0 aromatic carbocycles. The van der Waals surface area contributed by atoms with Crippen molar-refractivity contribution < 1.29 is 9.22 Å². The summed E-state index contributed by atoms with van der Waals surface area (Å²) in [5, 5.41) is 4.27. The SMILES string of the molecule is CC(C)(C)[Si](C)(C)OCCCCn1ncnc1C=O. The minimum atomic E-state index is -1.63. The second-order valence-electron chi connectivity index (χ2n) is 6.28. The minimum absolute atomic E-state index is 0.254. The fraction of sp³-hybridized carbons (Fsp3) is 0.769. The van der Waals surface area contributed by atoms with E-state index in [-0.39, 0.29) is 5.04 Å². The van der Waals surface area contributed by atoms with E-state index < -0.39 is 8.32 Å². The lowest BCUT2D eigenvalue weighted by atomic mass is 10.2. The van der Waals surface area contributed by atoms with E-state index in [1.54, 1.807) is 4.68 Å². The maximum Gasteiger partial charge on any atom is 0.191 e. The van der Waals surface area contributed by atoms with E-state index in [2.05, 4.69) is 43.9 Å². The van der Waals surface area contributed by atoms with Gasteiger partial charge in [-0.1, -0.05) is 20.8 Å². The topological polar surface area (TPSA) is 57.0 Å². The van der Waals surface area contributed by atoms with E-state index in [1.807, 2.05) is 0 Å². The van der Waals surface area contributed by atoms with Crippen LogP contribution in [-0.2, 0) is 11.0 Å². The van der Waals surface area contributed by atoms with E-state index >= 15 is 0 Å². The van der Waals surface area contributed by atoms with Crippen LogP contribution in [0.5, 0.6) is 0 Å². The maximum absolute atomic E-state index is 10.7. The number of rotatable bonds is 7. The predicted molar refractivity (Wildman–Crippen MR) is 77.8 cm³/mol. The highest BCUT2D eigenvalue weighted by Gasteiger charge is 2.36. The molecule has 1 aromatic heterocycles. The predicted octanol–water partition coefficient (Wildman–Crippen LogP) is 2.89. The highest BCUT2D eigenvalue weighted by atomic mass is 28.4. The summed E-state index contributed by atoms with van der Waals surface area (Å²) in [4.78, 5) is 14.5. The van der Waals surface area contributed by atoms with Crippen LogP contribution in [-0.4, -0.2) is 36.0 Å². The number of aryl methyl sites for hydroxylation is 1. The molecule has 6 heteroatoms. The molecule has 1 heterocycles. The van der Waals surface area contributed by atoms with Gasteiger partial charge in [-0.15, -0.1) is 0 Å². The lowest BCUT2D eigenvalue weighted by Crippen LogP contribution is -2.40. The molecule has 0 unspecified atom stereocenters. The fourth-order valence-corrected chi connectivity index (χ4v) is 2.53. The summed E-state index contributed by atoms with van der Waals surface area (Å²) in [6.07, 6.45) is 4.07. The number of aromatic nitrogens is 3. The fourth-order valence-electron chi connectivity index (χ4n) is 1.44. The van der Waals surface area contributed by atoms with Crippen LogP contribution in [0.4, 0.5) is 0 Å². The molecule has 0 aliphatic heterocycles. The van der Waals surface area contributed by atoms with Gasteiger partial charge in [-0.05, 0) is 31.0 Å². The van der Waals surface area contributed by atoms with Crippen LogP contribution in [0, 0.1) is 0 Å². The summed E-state index contributed by atoms with van der Waals surface area (Å²) in [6, 6.07) is 0. The van der Waals surface area contributed by atoms with Crippen LogP contribution in [0.1, 0.15) is 44.2 Å². The zero-order valence-corrected chi connectivity index (χ0v) is 13.6. The van der Waals surface area contributed by atoms with Crippen LogP contribution >= 0.6 is 0 Å². The van der Waals surface area contributed by atoms with Crippen molar-refractivity contribution in [1.29, 1.82) is 0 Å². The average Bonchev–Trinajstić information content (AvgIpc) is 2.74. The normalized spacial score (nSPS) is 12.7. The van der Waals surface area contributed by atoms with Crippen molar-refractivity contribution in [3.05, 3.63) is 12.2 Å². The number of unbranched alkanes of at least 4 members (excludes halogenated alkanes) is 1. The molecule has 0 radical (unpaired) electrons. The van der Waals surface area contributed by atoms with Gasteiger partial charge in [-0.2, -0.15) is 5.10 Å². The number of carbonyl (C=O) groups excluding carboxylic acids is 1. The van der Waals surface area contributed by atoms with Gasteiger partial charge in [0.05, 0.1) is 0 Å². The third kappa shape index (κ3) is 4.54. The first-order chi connectivity index (χ1) is 8.78. The van der Waals surface area contributed by atoms with Crippen molar-refractivity contribution in [1.82, 2.24) is 14.8 Å². The largest absolute Gasteiger partial charge is 0.417 e. The van der Waals surface area contributed by atoms with E-state index in [1.165, 1.54) is 6.33 Å². The molecule has 0 aliphatic rings. The third-order valence-electron chi connectivity index (χ3n) is 3.78. The standard InChI is InChI=1S/C13H25N3O2Si/c1-13(2,3)19(4,5)18-9-7-6-8-16-12(10-17)14-11-15-16/h10-11H,6-9H2,1-5H3. The van der Waals surface area contributed by atoms with Gasteiger partial charge in [-0.3, -0.25) is 4.79 Å². The molecule has 0 fully saturated rings. The molecule has 0 saturated carbocycles. The summed E-state index contributed by atoms with van der Waals surface area (Å²) >= 11 is 0. The smallest absolute Gasteiger partial charge is 0.191 e. The van der Waals surface area contributed by atoms with Crippen molar-refractivity contribution in [2.45, 2.75) is 58.3 Å². The van der Waals surface area contributed by atoms with Gasteiger partial charge in [-0.25, -0.2) is 9.67 Å². The molecule has 0 bridgehead atoms. The van der Waals surface area contributed by atoms with Gasteiger partial charge in [0.1, 0.15) is 6.33 Å². The van der Waals surface area contributed by atoms with E-state index in [0.29, 0.717) is 5.82 Å². The summed E-state index contributed by atoms with van der Waals surface area (Å²) in [5.74, 6) is 0.394. The minimum Gasteiger partial charge on any atom is -0.417 e. The molecule has 0 saturated heterocycles. The lowest BCUT2D eigenvalue weighted by molar-refractivity contribution is 0.110. The number of nitrogens with zero attached hydrogens (tertiary/aromatic N) is 3. The van der Waals surface area contributed by atoms with Crippen molar-refractivity contribution in [3.8, 4) is 0 Å². The Morgan fingerprint density at radius 2 is 2.05 bits per heavy atom. The van der Waals surface area contributed by atoms with Gasteiger partial charge in [0.2, 0.25) is 0 Å². The van der Waals surface area contributed by atoms with Gasteiger partial charge in [0.15, 0.2) is 20.4 Å². The quantitative estimate of drug-likeness (QED) is 0.438. The molecule has 5 nitrogen and oxygen atoms in total. The number of hydrogen-bond acceptors (Lipinski definition) is 4. The molecule has 1 aromatic rings. The first kappa shape index (κ1) is 16.0. The summed E-state index contributed by atoms with van der Waals surface area (Å²) < 4.78 is 7.73. The van der Waals surface area contributed by atoms with Gasteiger partial charge in [0.25, 0.3) is 0 Å². The average molecular weight is 283 g/mol. The van der Waals surface area contributed by atoms with Crippen LogP contribution in [0.15, 0.2) is 6.33 Å². The van der Waals surface area contributed by atoms with Gasteiger partial charge < -0.3 is 4.43 Å². The highest BCUT2D eigenvalue weighted by Crippen LogP contribution is 2.36. The summed E-state index contributed by atoms with van der Waals surface area (Å²) in [7, 11) is -1.63. The Morgan fingerprint density at radius 3 is 2.63 bits per heavy atom. The van der Waals surface area contributed by atoms with E-state index in [9.17, 15) is 4.79 Å². The number of aldehydes is 1. The van der Waals surface area contributed by atoms with Crippen LogP contribution < -0.4 is 0 Å². The first-order valence-electron chi connectivity index (χ1n) is 6.75. The van der Waals surface area contributed by atoms with Gasteiger partial charge in [0, 0.05) is 13.2 Å². The monoisotopic (exact) mass is 283 g/mol. The Kier molecular flexibility index (Phi) is 5.43. The molecule has 0 amide bonds. The van der Waals surface area contributed by atoms with Crippen LogP contribution in [0.3, 0.4) is 0 Å². The molecular formula is C13H25N3O2Si. The Labute approximate surface area is 116 Å². The first-order valence-corrected chi connectivity index (χ1v) is 9.66. The van der Waals surface area contributed by atoms with Crippen LogP contribution in [0.25, 0.3) is 0 Å². The Morgan fingerprint density at radius 1 is 1.37 bits per heavy atom. The van der Waals surface area contributed by atoms with E-state index in [0.717, 1.165) is 32.3 Å². The molecule has 0 atom stereocenters. The van der Waals surface area contributed by atoms with Crippen molar-refractivity contribution >= 4 is 14.6 Å². The molecule has 19 heavy (non-hydrogen) atoms. The molecular weight excluding hydrogens is 258 g/mol. The van der Waals surface area contributed by atoms with E-state index in [4.69, 9.17) is 4.43 Å². The number of hydrogen-bond donors (Lipinski definition) is 0. The number of carbonyl (C=O) groups is 1. The maximum atomic E-state index is 10.7. The zero-order valence-electron chi connectivity index (χ0n) is 12.6. The second-order valence-corrected chi connectivity index (χ2v) is 11.1. The second kappa shape index (κ2) is 6.43. The molecule has 0 N–H and O–H groups in total.